The van der Waals surface area contributed by atoms with E-state index < -0.39 is 42.1 Å². The number of allylic oxidation sites excluding steroid dienone is 1. The van der Waals surface area contributed by atoms with Crippen molar-refractivity contribution in [1.29, 1.82) is 0 Å². The van der Waals surface area contributed by atoms with Crippen LogP contribution in [-0.2, 0) is 17.5 Å². The Hall–Kier alpha value is -4.59. The molecule has 0 saturated heterocycles. The molecule has 42 heavy (non-hydrogen) atoms. The Morgan fingerprint density at radius 1 is 1.05 bits per heavy atom. The lowest BCUT2D eigenvalue weighted by Crippen LogP contribution is -2.36. The summed E-state index contributed by atoms with van der Waals surface area (Å²) >= 11 is 5.88. The maximum Gasteiger partial charge on any atom is 0.416 e. The minimum atomic E-state index is -4.75. The summed E-state index contributed by atoms with van der Waals surface area (Å²) in [5.74, 6) is -0.983. The zero-order valence-corrected chi connectivity index (χ0v) is 22.2. The van der Waals surface area contributed by atoms with Crippen molar-refractivity contribution in [3.8, 4) is 17.3 Å². The predicted octanol–water partition coefficient (Wildman–Crippen LogP) is 5.73. The molecule has 8 nitrogen and oxygen atoms in total. The van der Waals surface area contributed by atoms with E-state index in [1.807, 2.05) is 0 Å². The van der Waals surface area contributed by atoms with Crippen LogP contribution in [0.25, 0.3) is 17.6 Å². The Bertz CT molecular complexity index is 1660. The highest BCUT2D eigenvalue weighted by Gasteiger charge is 2.32. The molecule has 0 radical (unpaired) electrons. The molecule has 2 aromatic carbocycles. The van der Waals surface area contributed by atoms with Gasteiger partial charge in [-0.25, -0.2) is 19.0 Å². The van der Waals surface area contributed by atoms with Crippen molar-refractivity contribution in [1.82, 2.24) is 24.6 Å². The molecular weight excluding hydrogens is 592 g/mol. The van der Waals surface area contributed by atoms with Gasteiger partial charge in [0.05, 0.1) is 24.4 Å². The van der Waals surface area contributed by atoms with Crippen LogP contribution in [-0.4, -0.2) is 38.5 Å². The normalized spacial score (nSPS) is 12.9. The minimum absolute atomic E-state index is 0.0202. The van der Waals surface area contributed by atoms with E-state index in [0.717, 1.165) is 18.2 Å². The number of amides is 1. The first-order chi connectivity index (χ1) is 19.7. The number of pyridine rings is 1. The number of benzene rings is 2. The van der Waals surface area contributed by atoms with Crippen molar-refractivity contribution >= 4 is 23.7 Å². The number of methoxy groups -OCH3 is 1. The van der Waals surface area contributed by atoms with Crippen LogP contribution < -0.4 is 15.7 Å². The highest BCUT2D eigenvalue weighted by atomic mass is 35.5. The van der Waals surface area contributed by atoms with Gasteiger partial charge in [-0.1, -0.05) is 29.8 Å². The van der Waals surface area contributed by atoms with Crippen LogP contribution in [0.4, 0.5) is 26.3 Å². The van der Waals surface area contributed by atoms with Gasteiger partial charge in [-0.05, 0) is 48.0 Å². The monoisotopic (exact) mass is 611 g/mol. The molecule has 220 valence electrons. The molecule has 1 atom stereocenters. The SMILES string of the molecule is COc1cccc(C(NC(=O)Cn2nc(-c3ccc(Cl)cc3)n(/C=C/C(F)(F)F)c2=O)c2cccc(C(F)(F)F)c2)n1. The highest BCUT2D eigenvalue weighted by Crippen LogP contribution is 2.32. The summed E-state index contributed by atoms with van der Waals surface area (Å²) in [6, 6.07) is 13.2. The molecule has 0 fully saturated rings. The maximum atomic E-state index is 13.4. The lowest BCUT2D eigenvalue weighted by atomic mass is 10.00. The first-order valence-electron chi connectivity index (χ1n) is 11.9. The number of nitrogens with zero attached hydrogens (tertiary/aromatic N) is 4. The number of rotatable bonds is 8. The fraction of sp³-hybridized carbons (Fsp3) is 0.185. The zero-order chi connectivity index (χ0) is 30.7. The predicted molar refractivity (Wildman–Crippen MR) is 141 cm³/mol. The zero-order valence-electron chi connectivity index (χ0n) is 21.4. The van der Waals surface area contributed by atoms with E-state index in [-0.39, 0.29) is 34.6 Å². The second-order valence-electron chi connectivity index (χ2n) is 8.73. The van der Waals surface area contributed by atoms with Gasteiger partial charge >= 0.3 is 18.0 Å². The third-order valence-corrected chi connectivity index (χ3v) is 6.03. The van der Waals surface area contributed by atoms with Crippen LogP contribution in [0.3, 0.4) is 0 Å². The van der Waals surface area contributed by atoms with Gasteiger partial charge in [0.15, 0.2) is 5.82 Å². The van der Waals surface area contributed by atoms with E-state index >= 15 is 0 Å². The summed E-state index contributed by atoms with van der Waals surface area (Å²) in [4.78, 5) is 30.4. The van der Waals surface area contributed by atoms with Gasteiger partial charge in [-0.2, -0.15) is 26.3 Å². The van der Waals surface area contributed by atoms with Gasteiger partial charge in [0.1, 0.15) is 6.54 Å². The van der Waals surface area contributed by atoms with Crippen molar-refractivity contribution in [2.45, 2.75) is 24.9 Å². The quantitative estimate of drug-likeness (QED) is 0.257. The number of halogens is 7. The van der Waals surface area contributed by atoms with Gasteiger partial charge in [0.2, 0.25) is 11.8 Å². The van der Waals surface area contributed by atoms with Crippen LogP contribution in [0.1, 0.15) is 22.9 Å². The van der Waals surface area contributed by atoms with Crippen molar-refractivity contribution in [2.75, 3.05) is 7.11 Å². The summed E-state index contributed by atoms with van der Waals surface area (Å²) in [6.45, 7) is -0.786. The number of hydrogen-bond acceptors (Lipinski definition) is 5. The van der Waals surface area contributed by atoms with Crippen molar-refractivity contribution < 1.29 is 35.9 Å². The van der Waals surface area contributed by atoms with Crippen LogP contribution in [0.5, 0.6) is 5.88 Å². The number of carbonyl (C=O) groups excluding carboxylic acids is 1. The summed E-state index contributed by atoms with van der Waals surface area (Å²) in [6.07, 6.45) is -9.12. The molecule has 0 saturated carbocycles. The van der Waals surface area contributed by atoms with Crippen LogP contribution in [0, 0.1) is 0 Å². The fourth-order valence-electron chi connectivity index (χ4n) is 3.88. The molecule has 2 heterocycles. The molecule has 2 aromatic heterocycles. The van der Waals surface area contributed by atoms with Crippen molar-refractivity contribution in [3.05, 3.63) is 105 Å². The van der Waals surface area contributed by atoms with Crippen molar-refractivity contribution in [3.63, 3.8) is 0 Å². The average Bonchev–Trinajstić information content (AvgIpc) is 3.24. The Balaban J connectivity index is 1.71. The second-order valence-corrected chi connectivity index (χ2v) is 9.16. The number of carbonyl (C=O) groups is 1. The van der Waals surface area contributed by atoms with Crippen LogP contribution in [0.15, 0.2) is 77.6 Å². The van der Waals surface area contributed by atoms with E-state index in [1.54, 1.807) is 0 Å². The first-order valence-corrected chi connectivity index (χ1v) is 12.3. The molecule has 4 aromatic rings. The van der Waals surface area contributed by atoms with Gasteiger partial charge in [0, 0.05) is 28.9 Å². The van der Waals surface area contributed by atoms with Crippen LogP contribution in [0.2, 0.25) is 5.02 Å². The van der Waals surface area contributed by atoms with Gasteiger partial charge in [-0.15, -0.1) is 5.10 Å². The van der Waals surface area contributed by atoms with Gasteiger partial charge < -0.3 is 10.1 Å². The van der Waals surface area contributed by atoms with E-state index in [1.165, 1.54) is 55.6 Å². The Kier molecular flexibility index (Phi) is 8.75. The number of alkyl halides is 6. The maximum absolute atomic E-state index is 13.4. The molecule has 0 aliphatic carbocycles. The van der Waals surface area contributed by atoms with E-state index in [0.29, 0.717) is 20.5 Å². The lowest BCUT2D eigenvalue weighted by Gasteiger charge is -2.20. The van der Waals surface area contributed by atoms with E-state index in [2.05, 4.69) is 15.4 Å². The molecule has 0 aliphatic rings. The van der Waals surface area contributed by atoms with Crippen LogP contribution >= 0.6 is 11.6 Å². The molecule has 1 amide bonds. The third-order valence-electron chi connectivity index (χ3n) is 5.78. The first kappa shape index (κ1) is 30.4. The number of ether oxygens (including phenoxy) is 1. The summed E-state index contributed by atoms with van der Waals surface area (Å²) < 4.78 is 85.3. The molecule has 4 rings (SSSR count). The Morgan fingerprint density at radius 2 is 1.74 bits per heavy atom. The Labute approximate surface area is 238 Å². The smallest absolute Gasteiger partial charge is 0.416 e. The van der Waals surface area contributed by atoms with Gasteiger partial charge in [-0.3, -0.25) is 4.79 Å². The number of hydrogen-bond donors (Lipinski definition) is 1. The standard InChI is InChI=1S/C27H20ClF6N5O3/c1-42-22-7-3-6-20(35-22)23(17-4-2-5-18(14-17)27(32,33)34)36-21(40)15-39-25(41)38(13-12-26(29,30)31)24(37-39)16-8-10-19(28)11-9-16/h2-14,23H,15H2,1H3,(H,36,40)/b13-12+. The molecule has 1 N–H and O–H groups in total. The molecule has 0 spiro atoms. The van der Waals surface area contributed by atoms with E-state index in [9.17, 15) is 35.9 Å². The molecular formula is C27H20ClF6N5O3. The van der Waals surface area contributed by atoms with E-state index in [4.69, 9.17) is 16.3 Å². The minimum Gasteiger partial charge on any atom is -0.481 e. The third kappa shape index (κ3) is 7.37. The number of nitrogens with one attached hydrogen (secondary N) is 1. The molecule has 15 heteroatoms. The Morgan fingerprint density at radius 3 is 2.38 bits per heavy atom. The van der Waals surface area contributed by atoms with Gasteiger partial charge in [0.25, 0.3) is 0 Å². The number of aromatic nitrogens is 4. The van der Waals surface area contributed by atoms with Crippen molar-refractivity contribution in [2.24, 2.45) is 0 Å². The molecule has 1 unspecified atom stereocenters. The summed E-state index contributed by atoms with van der Waals surface area (Å²) in [7, 11) is 1.33. The average molecular weight is 612 g/mol. The highest BCUT2D eigenvalue weighted by molar-refractivity contribution is 6.30. The largest absolute Gasteiger partial charge is 0.481 e. The molecule has 0 aliphatic heterocycles. The lowest BCUT2D eigenvalue weighted by molar-refractivity contribution is -0.137. The second kappa shape index (κ2) is 12.1. The molecule has 0 bridgehead atoms. The summed E-state index contributed by atoms with van der Waals surface area (Å²) in [5.41, 5.74) is -1.68. The topological polar surface area (TPSA) is 91.0 Å². The fourth-order valence-corrected chi connectivity index (χ4v) is 4.01. The summed E-state index contributed by atoms with van der Waals surface area (Å²) in [5, 5.41) is 6.90.